The first-order valence-corrected chi connectivity index (χ1v) is 9.03. The molecule has 3 aromatic rings. The highest BCUT2D eigenvalue weighted by Crippen LogP contribution is 2.23. The Morgan fingerprint density at radius 1 is 0.929 bits per heavy atom. The van der Waals surface area contributed by atoms with Gasteiger partial charge in [-0.3, -0.25) is 4.79 Å². The maximum atomic E-state index is 12.7. The second-order valence-electron chi connectivity index (χ2n) is 7.01. The summed E-state index contributed by atoms with van der Waals surface area (Å²) in [5.74, 6) is -0.793. The van der Waals surface area contributed by atoms with Gasteiger partial charge in [-0.05, 0) is 81.3 Å². The molecule has 2 aromatic carbocycles. The topological polar surface area (TPSA) is 68.5 Å². The standard InChI is InChI=1S/C23H23NO4/c1-14-9-15(2)11-19(10-14)24-16(3)12-21(17(24)4)22(26)13-28-23(27)18-5-7-20(25)8-6-18/h5-12,25H,13H2,1-4H3. The second kappa shape index (κ2) is 7.72. The Kier molecular flexibility index (Phi) is 5.36. The number of carbonyl (C=O) groups excluding carboxylic acids is 2. The van der Waals surface area contributed by atoms with Crippen LogP contribution in [0.25, 0.3) is 5.69 Å². The van der Waals surface area contributed by atoms with Crippen LogP contribution in [0.2, 0.25) is 0 Å². The maximum absolute atomic E-state index is 12.7. The van der Waals surface area contributed by atoms with Gasteiger partial charge in [0.05, 0.1) is 5.56 Å². The molecule has 28 heavy (non-hydrogen) atoms. The number of ether oxygens (including phenoxy) is 1. The number of hydrogen-bond donors (Lipinski definition) is 1. The monoisotopic (exact) mass is 377 g/mol. The summed E-state index contributed by atoms with van der Waals surface area (Å²) in [6, 6.07) is 13.8. The summed E-state index contributed by atoms with van der Waals surface area (Å²) in [6.07, 6.45) is 0. The number of hydrogen-bond acceptors (Lipinski definition) is 4. The van der Waals surface area contributed by atoms with Crippen molar-refractivity contribution < 1.29 is 19.4 Å². The number of aryl methyl sites for hydroxylation is 3. The first kappa shape index (κ1) is 19.4. The van der Waals surface area contributed by atoms with Crippen molar-refractivity contribution in [1.82, 2.24) is 4.57 Å². The van der Waals surface area contributed by atoms with Crippen molar-refractivity contribution in [1.29, 1.82) is 0 Å². The van der Waals surface area contributed by atoms with Gasteiger partial charge in [-0.15, -0.1) is 0 Å². The molecule has 0 bridgehead atoms. The number of aromatic nitrogens is 1. The van der Waals surface area contributed by atoms with Crippen molar-refractivity contribution in [2.45, 2.75) is 27.7 Å². The summed E-state index contributed by atoms with van der Waals surface area (Å²) in [6.45, 7) is 7.58. The predicted molar refractivity (Wildman–Crippen MR) is 107 cm³/mol. The summed E-state index contributed by atoms with van der Waals surface area (Å²) in [5.41, 5.74) is 5.88. The lowest BCUT2D eigenvalue weighted by Gasteiger charge is -2.12. The van der Waals surface area contributed by atoms with Gasteiger partial charge in [-0.25, -0.2) is 4.79 Å². The minimum absolute atomic E-state index is 0.0615. The van der Waals surface area contributed by atoms with E-state index in [-0.39, 0.29) is 23.7 Å². The lowest BCUT2D eigenvalue weighted by Crippen LogP contribution is -2.15. The van der Waals surface area contributed by atoms with E-state index in [2.05, 4.69) is 18.2 Å². The minimum Gasteiger partial charge on any atom is -0.508 e. The second-order valence-corrected chi connectivity index (χ2v) is 7.01. The van der Waals surface area contributed by atoms with Crippen molar-refractivity contribution in [3.8, 4) is 11.4 Å². The number of benzene rings is 2. The zero-order valence-electron chi connectivity index (χ0n) is 16.4. The third-order valence-electron chi connectivity index (χ3n) is 4.63. The summed E-state index contributed by atoms with van der Waals surface area (Å²) in [4.78, 5) is 24.7. The Labute approximate surface area is 164 Å². The van der Waals surface area contributed by atoms with Crippen LogP contribution in [-0.4, -0.2) is 28.0 Å². The van der Waals surface area contributed by atoms with E-state index in [1.54, 1.807) is 0 Å². The smallest absolute Gasteiger partial charge is 0.338 e. The highest BCUT2D eigenvalue weighted by Gasteiger charge is 2.19. The number of aromatic hydroxyl groups is 1. The van der Waals surface area contributed by atoms with Crippen molar-refractivity contribution in [2.24, 2.45) is 0 Å². The van der Waals surface area contributed by atoms with Gasteiger partial charge in [-0.2, -0.15) is 0 Å². The molecule has 5 nitrogen and oxygen atoms in total. The number of ketones is 1. The van der Waals surface area contributed by atoms with E-state index in [1.165, 1.54) is 24.3 Å². The van der Waals surface area contributed by atoms with Gasteiger partial charge >= 0.3 is 5.97 Å². The molecule has 1 N–H and O–H groups in total. The average Bonchev–Trinajstić information content (AvgIpc) is 2.93. The van der Waals surface area contributed by atoms with Crippen LogP contribution in [0.3, 0.4) is 0 Å². The third-order valence-corrected chi connectivity index (χ3v) is 4.63. The van der Waals surface area contributed by atoms with Gasteiger partial charge in [0.1, 0.15) is 5.75 Å². The van der Waals surface area contributed by atoms with Gasteiger partial charge in [0, 0.05) is 22.6 Å². The number of phenolic OH excluding ortho intramolecular Hbond substituents is 1. The molecule has 0 saturated heterocycles. The molecular formula is C23H23NO4. The Morgan fingerprint density at radius 2 is 1.54 bits per heavy atom. The molecule has 0 amide bonds. The summed E-state index contributed by atoms with van der Waals surface area (Å²) < 4.78 is 7.19. The van der Waals surface area contributed by atoms with E-state index in [9.17, 15) is 14.7 Å². The van der Waals surface area contributed by atoms with E-state index in [4.69, 9.17) is 4.74 Å². The normalized spacial score (nSPS) is 10.7. The highest BCUT2D eigenvalue weighted by atomic mass is 16.5. The fraction of sp³-hybridized carbons (Fsp3) is 0.217. The first-order chi connectivity index (χ1) is 13.3. The van der Waals surface area contributed by atoms with Crippen LogP contribution in [0.5, 0.6) is 5.75 Å². The van der Waals surface area contributed by atoms with Gasteiger partial charge in [0.25, 0.3) is 0 Å². The van der Waals surface area contributed by atoms with Crippen LogP contribution in [0.4, 0.5) is 0 Å². The quantitative estimate of drug-likeness (QED) is 0.527. The van der Waals surface area contributed by atoms with Gasteiger partial charge < -0.3 is 14.4 Å². The Bertz CT molecular complexity index is 1020. The largest absolute Gasteiger partial charge is 0.508 e. The van der Waals surface area contributed by atoms with Crippen molar-refractivity contribution in [3.63, 3.8) is 0 Å². The Balaban J connectivity index is 1.79. The minimum atomic E-state index is -0.600. The molecule has 0 aliphatic carbocycles. The molecule has 3 rings (SSSR count). The zero-order chi connectivity index (χ0) is 20.4. The van der Waals surface area contributed by atoms with E-state index in [0.29, 0.717) is 5.56 Å². The number of nitrogens with zero attached hydrogens (tertiary/aromatic N) is 1. The van der Waals surface area contributed by atoms with Gasteiger partial charge in [0.15, 0.2) is 6.61 Å². The molecular weight excluding hydrogens is 354 g/mol. The van der Waals surface area contributed by atoms with Crippen LogP contribution in [0, 0.1) is 27.7 Å². The zero-order valence-corrected chi connectivity index (χ0v) is 16.4. The average molecular weight is 377 g/mol. The summed E-state index contributed by atoms with van der Waals surface area (Å²) >= 11 is 0. The molecule has 0 fully saturated rings. The molecule has 0 aliphatic rings. The molecule has 0 aliphatic heterocycles. The number of Topliss-reactive ketones (excluding diaryl/α,β-unsaturated/α-hetero) is 1. The third kappa shape index (κ3) is 3.98. The van der Waals surface area contributed by atoms with Gasteiger partial charge in [-0.1, -0.05) is 6.07 Å². The van der Waals surface area contributed by atoms with E-state index < -0.39 is 5.97 Å². The predicted octanol–water partition coefficient (Wildman–Crippen LogP) is 4.46. The SMILES string of the molecule is Cc1cc(C)cc(-n2c(C)cc(C(=O)COC(=O)c3ccc(O)cc3)c2C)c1. The number of esters is 1. The summed E-state index contributed by atoms with van der Waals surface area (Å²) in [5, 5.41) is 9.28. The Hall–Kier alpha value is -3.34. The molecule has 0 saturated carbocycles. The van der Waals surface area contributed by atoms with Crippen molar-refractivity contribution >= 4 is 11.8 Å². The molecule has 1 aromatic heterocycles. The summed E-state index contributed by atoms with van der Waals surface area (Å²) in [7, 11) is 0. The first-order valence-electron chi connectivity index (χ1n) is 9.03. The molecule has 1 heterocycles. The fourth-order valence-corrected chi connectivity index (χ4v) is 3.41. The van der Waals surface area contributed by atoms with E-state index in [1.807, 2.05) is 38.3 Å². The molecule has 0 spiro atoms. The van der Waals surface area contributed by atoms with E-state index in [0.717, 1.165) is 28.2 Å². The van der Waals surface area contributed by atoms with Crippen LogP contribution in [-0.2, 0) is 4.74 Å². The number of carbonyl (C=O) groups is 2. The molecule has 0 radical (unpaired) electrons. The number of phenols is 1. The Morgan fingerprint density at radius 3 is 2.14 bits per heavy atom. The van der Waals surface area contributed by atoms with Crippen LogP contribution in [0.1, 0.15) is 43.2 Å². The maximum Gasteiger partial charge on any atom is 0.338 e. The van der Waals surface area contributed by atoms with Crippen LogP contribution >= 0.6 is 0 Å². The van der Waals surface area contributed by atoms with Crippen molar-refractivity contribution in [3.05, 3.63) is 82.2 Å². The fourth-order valence-electron chi connectivity index (χ4n) is 3.41. The highest BCUT2D eigenvalue weighted by molar-refractivity contribution is 6.00. The van der Waals surface area contributed by atoms with E-state index >= 15 is 0 Å². The van der Waals surface area contributed by atoms with Crippen LogP contribution in [0.15, 0.2) is 48.5 Å². The van der Waals surface area contributed by atoms with Crippen LogP contribution < -0.4 is 0 Å². The molecule has 144 valence electrons. The molecule has 5 heteroatoms. The lowest BCUT2D eigenvalue weighted by molar-refractivity contribution is 0.0474. The molecule has 0 atom stereocenters. The van der Waals surface area contributed by atoms with Gasteiger partial charge in [0.2, 0.25) is 5.78 Å². The van der Waals surface area contributed by atoms with Crippen molar-refractivity contribution in [2.75, 3.05) is 6.61 Å². The molecule has 0 unspecified atom stereocenters. The lowest BCUT2D eigenvalue weighted by atomic mass is 10.1. The number of rotatable bonds is 5.